The zero-order valence-corrected chi connectivity index (χ0v) is 13.7. The highest BCUT2D eigenvalue weighted by Gasteiger charge is 2.40. The van der Waals surface area contributed by atoms with Crippen molar-refractivity contribution in [2.45, 2.75) is 44.0 Å². The fraction of sp³-hybridized carbons (Fsp3) is 0.600. The first kappa shape index (κ1) is 15.1. The number of methoxy groups -OCH3 is 1. The van der Waals surface area contributed by atoms with Gasteiger partial charge < -0.3 is 19.5 Å². The van der Waals surface area contributed by atoms with Crippen molar-refractivity contribution in [2.75, 3.05) is 13.7 Å². The van der Waals surface area contributed by atoms with Crippen molar-refractivity contribution in [3.63, 3.8) is 0 Å². The summed E-state index contributed by atoms with van der Waals surface area (Å²) in [5, 5.41) is 9.88. The van der Waals surface area contributed by atoms with Gasteiger partial charge in [0.05, 0.1) is 18.2 Å². The van der Waals surface area contributed by atoms with Crippen LogP contribution in [0.2, 0.25) is 0 Å². The molecule has 2 aromatic heterocycles. The Bertz CT molecular complexity index is 713. The average Bonchev–Trinajstić information content (AvgIpc) is 3.34. The number of urea groups is 1. The number of nitrogens with zero attached hydrogens (tertiary/aromatic N) is 5. The number of aromatic nitrogens is 5. The molecule has 128 valence electrons. The largest absolute Gasteiger partial charge is 0.380 e. The third kappa shape index (κ3) is 2.44. The Kier molecular flexibility index (Phi) is 3.72. The number of fused-ring (bicyclic) bond motifs is 1. The molecule has 0 aromatic carbocycles. The summed E-state index contributed by atoms with van der Waals surface area (Å²) in [7, 11) is 1.67. The molecule has 9 nitrogen and oxygen atoms in total. The minimum Gasteiger partial charge on any atom is -0.380 e. The van der Waals surface area contributed by atoms with Crippen molar-refractivity contribution in [1.82, 2.24) is 34.9 Å². The molecule has 4 rings (SSSR count). The summed E-state index contributed by atoms with van der Waals surface area (Å²) in [6.45, 7) is 2.66. The summed E-state index contributed by atoms with van der Waals surface area (Å²) < 4.78 is 7.56. The maximum Gasteiger partial charge on any atom is 0.318 e. The number of imidazole rings is 1. The average molecular weight is 331 g/mol. The van der Waals surface area contributed by atoms with Crippen LogP contribution in [-0.2, 0) is 4.74 Å². The zero-order valence-electron chi connectivity index (χ0n) is 13.7. The van der Waals surface area contributed by atoms with E-state index in [9.17, 15) is 4.79 Å². The minimum atomic E-state index is -0.156. The van der Waals surface area contributed by atoms with Gasteiger partial charge in [-0.1, -0.05) is 0 Å². The molecule has 2 N–H and O–H groups in total. The number of hydrogen-bond donors (Lipinski definition) is 2. The van der Waals surface area contributed by atoms with Gasteiger partial charge >= 0.3 is 6.03 Å². The molecule has 4 heterocycles. The molecule has 24 heavy (non-hydrogen) atoms. The second kappa shape index (κ2) is 5.90. The van der Waals surface area contributed by atoms with Gasteiger partial charge in [-0.15, -0.1) is 0 Å². The first-order valence-corrected chi connectivity index (χ1v) is 8.15. The molecule has 2 aliphatic heterocycles. The number of likely N-dealkylation sites (tertiary alicyclic amines) is 1. The van der Waals surface area contributed by atoms with Gasteiger partial charge in [-0.05, 0) is 13.3 Å². The Morgan fingerprint density at radius 2 is 2.29 bits per heavy atom. The summed E-state index contributed by atoms with van der Waals surface area (Å²) in [6, 6.07) is -0.0109. The Balaban J connectivity index is 1.51. The number of carbonyl (C=O) groups is 1. The van der Waals surface area contributed by atoms with Crippen LogP contribution in [0.5, 0.6) is 0 Å². The van der Waals surface area contributed by atoms with E-state index in [0.29, 0.717) is 24.8 Å². The lowest BCUT2D eigenvalue weighted by Gasteiger charge is -2.24. The summed E-state index contributed by atoms with van der Waals surface area (Å²) in [5.74, 6) is 1.60. The first-order chi connectivity index (χ1) is 11.7. The third-order valence-electron chi connectivity index (χ3n) is 4.97. The number of H-pyrrole nitrogens is 1. The lowest BCUT2D eigenvalue weighted by atomic mass is 10.1. The van der Waals surface area contributed by atoms with Crippen LogP contribution in [-0.4, -0.2) is 55.4 Å². The molecule has 0 spiro atoms. The second-order valence-electron chi connectivity index (χ2n) is 6.41. The van der Waals surface area contributed by atoms with E-state index in [4.69, 9.17) is 4.74 Å². The number of ether oxygens (including phenoxy) is 1. The number of aromatic amines is 1. The molecule has 2 aromatic rings. The number of carbonyl (C=O) groups excluding carboxylic acids is 1. The molecule has 2 aliphatic rings. The van der Waals surface area contributed by atoms with Gasteiger partial charge in [-0.3, -0.25) is 5.10 Å². The van der Waals surface area contributed by atoms with Crippen LogP contribution < -0.4 is 5.32 Å². The summed E-state index contributed by atoms with van der Waals surface area (Å²) in [5.41, 5.74) is 0. The number of hydrogen-bond acceptors (Lipinski definition) is 5. The van der Waals surface area contributed by atoms with Crippen LogP contribution in [0.25, 0.3) is 0 Å². The van der Waals surface area contributed by atoms with E-state index in [0.717, 1.165) is 12.2 Å². The van der Waals surface area contributed by atoms with Crippen molar-refractivity contribution < 1.29 is 9.53 Å². The van der Waals surface area contributed by atoms with Crippen molar-refractivity contribution in [3.05, 3.63) is 30.4 Å². The number of amides is 2. The fourth-order valence-electron chi connectivity index (χ4n) is 3.71. The Morgan fingerprint density at radius 3 is 3.04 bits per heavy atom. The van der Waals surface area contributed by atoms with Crippen LogP contribution in [0.15, 0.2) is 18.7 Å². The zero-order chi connectivity index (χ0) is 16.7. The van der Waals surface area contributed by atoms with Crippen molar-refractivity contribution in [1.29, 1.82) is 0 Å². The Morgan fingerprint density at radius 1 is 1.42 bits per heavy atom. The van der Waals surface area contributed by atoms with Crippen LogP contribution >= 0.6 is 0 Å². The van der Waals surface area contributed by atoms with Gasteiger partial charge in [0.2, 0.25) is 0 Å². The molecular formula is C15H21N7O2. The van der Waals surface area contributed by atoms with E-state index in [2.05, 4.69) is 37.0 Å². The molecule has 2 amide bonds. The van der Waals surface area contributed by atoms with E-state index >= 15 is 0 Å². The summed E-state index contributed by atoms with van der Waals surface area (Å²) in [6.07, 6.45) is 6.74. The Labute approximate surface area is 139 Å². The van der Waals surface area contributed by atoms with Crippen molar-refractivity contribution in [2.24, 2.45) is 0 Å². The number of rotatable bonds is 3. The SMILES string of the molecule is CO[C@@H]1C[C@@H](c2ncn[nH]2)N(C(=O)NC2CC(C)n3ccnc32)C1. The molecular weight excluding hydrogens is 310 g/mol. The van der Waals surface area contributed by atoms with E-state index in [1.165, 1.54) is 6.33 Å². The molecule has 1 saturated heterocycles. The standard InChI is InChI=1S/C15H21N7O2/c1-9-5-11(14-16-3-4-21(9)14)19-15(23)22-7-10(24-2)6-12(22)13-17-8-18-20-13/h3-4,8-12H,5-7H2,1-2H3,(H,19,23)(H,17,18,20)/t9?,10-,11?,12+/m1/s1. The summed E-state index contributed by atoms with van der Waals surface area (Å²) in [4.78, 5) is 23.2. The second-order valence-corrected chi connectivity index (χ2v) is 6.41. The van der Waals surface area contributed by atoms with Crippen LogP contribution in [0.1, 0.15) is 49.5 Å². The van der Waals surface area contributed by atoms with Gasteiger partial charge in [0, 0.05) is 38.5 Å². The van der Waals surface area contributed by atoms with E-state index < -0.39 is 0 Å². The van der Waals surface area contributed by atoms with Crippen molar-refractivity contribution >= 4 is 6.03 Å². The summed E-state index contributed by atoms with van der Waals surface area (Å²) >= 11 is 0. The predicted octanol–water partition coefficient (Wildman–Crippen LogP) is 1.18. The van der Waals surface area contributed by atoms with E-state index in [1.54, 1.807) is 18.2 Å². The van der Waals surface area contributed by atoms with Crippen LogP contribution in [0.4, 0.5) is 4.79 Å². The lowest BCUT2D eigenvalue weighted by molar-refractivity contribution is 0.110. The van der Waals surface area contributed by atoms with E-state index in [-0.39, 0.29) is 24.2 Å². The van der Waals surface area contributed by atoms with Crippen molar-refractivity contribution in [3.8, 4) is 0 Å². The molecule has 0 aliphatic carbocycles. The molecule has 0 radical (unpaired) electrons. The molecule has 1 fully saturated rings. The quantitative estimate of drug-likeness (QED) is 0.879. The van der Waals surface area contributed by atoms with Gasteiger partial charge in [0.1, 0.15) is 18.0 Å². The molecule has 9 heteroatoms. The highest BCUT2D eigenvalue weighted by molar-refractivity contribution is 5.75. The number of nitrogens with one attached hydrogen (secondary N) is 2. The predicted molar refractivity (Wildman–Crippen MR) is 84.1 cm³/mol. The maximum absolute atomic E-state index is 12.9. The lowest BCUT2D eigenvalue weighted by Crippen LogP contribution is -2.42. The molecule has 0 saturated carbocycles. The fourth-order valence-corrected chi connectivity index (χ4v) is 3.71. The van der Waals surface area contributed by atoms with Gasteiger partial charge in [0.15, 0.2) is 0 Å². The van der Waals surface area contributed by atoms with Gasteiger partial charge in [-0.25, -0.2) is 14.8 Å². The minimum absolute atomic E-state index is 0.00432. The topological polar surface area (TPSA) is 101 Å². The monoisotopic (exact) mass is 331 g/mol. The molecule has 0 bridgehead atoms. The maximum atomic E-state index is 12.9. The highest BCUT2D eigenvalue weighted by atomic mass is 16.5. The normalized spacial score (nSPS) is 29.0. The van der Waals surface area contributed by atoms with Crippen LogP contribution in [0.3, 0.4) is 0 Å². The first-order valence-electron chi connectivity index (χ1n) is 8.15. The molecule has 4 atom stereocenters. The molecule has 2 unspecified atom stereocenters. The van der Waals surface area contributed by atoms with Gasteiger partial charge in [0.25, 0.3) is 0 Å². The van der Waals surface area contributed by atoms with Gasteiger partial charge in [-0.2, -0.15) is 5.10 Å². The third-order valence-corrected chi connectivity index (χ3v) is 4.97. The van der Waals surface area contributed by atoms with Crippen LogP contribution in [0, 0.1) is 0 Å². The smallest absolute Gasteiger partial charge is 0.318 e. The van der Waals surface area contributed by atoms with E-state index in [1.807, 2.05) is 6.20 Å². The Hall–Kier alpha value is -2.42. The highest BCUT2D eigenvalue weighted by Crippen LogP contribution is 2.35.